The third-order valence-electron chi connectivity index (χ3n) is 6.38. The van der Waals surface area contributed by atoms with Crippen molar-refractivity contribution in [2.75, 3.05) is 12.9 Å². The van der Waals surface area contributed by atoms with E-state index in [4.69, 9.17) is 4.74 Å². The lowest BCUT2D eigenvalue weighted by Crippen LogP contribution is -2.10. The van der Waals surface area contributed by atoms with Gasteiger partial charge >= 0.3 is 0 Å². The van der Waals surface area contributed by atoms with Gasteiger partial charge in [-0.25, -0.2) is 0 Å². The highest BCUT2D eigenvalue weighted by molar-refractivity contribution is 7.99. The monoisotopic (exact) mass is 507 g/mol. The lowest BCUT2D eigenvalue weighted by Gasteiger charge is -2.19. The number of ether oxygens (including phenoxy) is 1. The van der Waals surface area contributed by atoms with Gasteiger partial charge in [-0.05, 0) is 52.1 Å². The van der Waals surface area contributed by atoms with E-state index in [1.54, 1.807) is 7.11 Å². The normalized spacial score (nSPS) is 11.6. The van der Waals surface area contributed by atoms with Crippen LogP contribution in [0.5, 0.6) is 5.75 Å². The van der Waals surface area contributed by atoms with Crippen LogP contribution in [0.4, 0.5) is 0 Å². The molecular weight excluding hydrogens is 478 g/mol. The van der Waals surface area contributed by atoms with Gasteiger partial charge < -0.3 is 4.74 Å². The molecular formula is C31H29N3O2S. The van der Waals surface area contributed by atoms with E-state index in [1.807, 2.05) is 71.3 Å². The van der Waals surface area contributed by atoms with Gasteiger partial charge in [0.2, 0.25) is 0 Å². The van der Waals surface area contributed by atoms with Gasteiger partial charge in [0.25, 0.3) is 0 Å². The number of thioether (sulfide) groups is 1. The molecule has 0 fully saturated rings. The van der Waals surface area contributed by atoms with Crippen LogP contribution in [0.1, 0.15) is 36.7 Å². The molecule has 0 radical (unpaired) electrons. The number of hydrogen-bond acceptors (Lipinski definition) is 5. The summed E-state index contributed by atoms with van der Waals surface area (Å²) in [4.78, 5) is 13.1. The lowest BCUT2D eigenvalue weighted by atomic mass is 9.87. The van der Waals surface area contributed by atoms with E-state index < -0.39 is 0 Å². The van der Waals surface area contributed by atoms with Crippen molar-refractivity contribution in [3.63, 3.8) is 0 Å². The molecule has 5 aromatic rings. The Hall–Kier alpha value is -3.90. The minimum Gasteiger partial charge on any atom is -0.497 e. The molecule has 0 aliphatic rings. The molecule has 0 N–H and O–H groups in total. The van der Waals surface area contributed by atoms with Gasteiger partial charge in [0.05, 0.1) is 12.9 Å². The molecule has 0 bridgehead atoms. The molecule has 0 aliphatic heterocycles. The van der Waals surface area contributed by atoms with Crippen molar-refractivity contribution < 1.29 is 9.53 Å². The standard InChI is InChI=1S/C31H29N3O2S/c1-31(2,3)25-13-11-22(12-14-25)29-32-33-30(34(29)26-15-17-27(36-4)18-16-26)37-20-28(35)24-10-9-21-7-5-6-8-23(21)19-24/h5-19H,20H2,1-4H3. The molecule has 0 spiro atoms. The van der Waals surface area contributed by atoms with Gasteiger partial charge in [0.15, 0.2) is 16.8 Å². The molecule has 0 saturated heterocycles. The van der Waals surface area contributed by atoms with Crippen molar-refractivity contribution in [1.29, 1.82) is 0 Å². The van der Waals surface area contributed by atoms with Crippen molar-refractivity contribution >= 4 is 28.3 Å². The average molecular weight is 508 g/mol. The van der Waals surface area contributed by atoms with E-state index in [0.717, 1.165) is 33.6 Å². The number of methoxy groups -OCH3 is 1. The minimum atomic E-state index is 0.0520. The highest BCUT2D eigenvalue weighted by Gasteiger charge is 2.19. The molecule has 1 aromatic heterocycles. The number of fused-ring (bicyclic) bond motifs is 1. The summed E-state index contributed by atoms with van der Waals surface area (Å²) in [6.45, 7) is 6.59. The summed E-state index contributed by atoms with van der Waals surface area (Å²) >= 11 is 1.39. The van der Waals surface area contributed by atoms with Crippen LogP contribution in [0.3, 0.4) is 0 Å². The first-order valence-corrected chi connectivity index (χ1v) is 13.2. The summed E-state index contributed by atoms with van der Waals surface area (Å²) < 4.78 is 7.35. The largest absolute Gasteiger partial charge is 0.497 e. The first-order valence-electron chi connectivity index (χ1n) is 12.2. The second-order valence-corrected chi connectivity index (χ2v) is 10.9. The average Bonchev–Trinajstić information content (AvgIpc) is 3.35. The topological polar surface area (TPSA) is 57.0 Å². The van der Waals surface area contributed by atoms with Crippen LogP contribution in [0.25, 0.3) is 27.8 Å². The smallest absolute Gasteiger partial charge is 0.196 e. The van der Waals surface area contributed by atoms with Crippen LogP contribution >= 0.6 is 11.8 Å². The number of benzene rings is 4. The highest BCUT2D eigenvalue weighted by atomic mass is 32.2. The molecule has 6 heteroatoms. The molecule has 5 nitrogen and oxygen atoms in total. The Balaban J connectivity index is 1.46. The fourth-order valence-electron chi connectivity index (χ4n) is 4.21. The summed E-state index contributed by atoms with van der Waals surface area (Å²) in [5.74, 6) is 1.81. The maximum Gasteiger partial charge on any atom is 0.196 e. The predicted molar refractivity (Wildman–Crippen MR) is 151 cm³/mol. The summed E-state index contributed by atoms with van der Waals surface area (Å²) in [6.07, 6.45) is 0. The number of hydrogen-bond donors (Lipinski definition) is 0. The molecule has 186 valence electrons. The Morgan fingerprint density at radius 1 is 0.865 bits per heavy atom. The molecule has 0 atom stereocenters. The Kier molecular flexibility index (Phi) is 6.85. The number of carbonyl (C=O) groups excluding carboxylic acids is 1. The molecule has 37 heavy (non-hydrogen) atoms. The fourth-order valence-corrected chi connectivity index (χ4v) is 5.06. The van der Waals surface area contributed by atoms with Gasteiger partial charge in [-0.2, -0.15) is 0 Å². The molecule has 0 amide bonds. The van der Waals surface area contributed by atoms with E-state index in [0.29, 0.717) is 10.7 Å². The molecule has 0 unspecified atom stereocenters. The van der Waals surface area contributed by atoms with Crippen LogP contribution in [0.15, 0.2) is 96.2 Å². The van der Waals surface area contributed by atoms with E-state index in [2.05, 4.69) is 55.2 Å². The van der Waals surface area contributed by atoms with E-state index in [9.17, 15) is 4.79 Å². The predicted octanol–water partition coefficient (Wildman–Crippen LogP) is 7.37. The van der Waals surface area contributed by atoms with E-state index in [1.165, 1.54) is 17.3 Å². The van der Waals surface area contributed by atoms with Crippen LogP contribution < -0.4 is 4.74 Å². The number of ketones is 1. The molecule has 0 saturated carbocycles. The Labute approximate surface area is 221 Å². The van der Waals surface area contributed by atoms with Crippen molar-refractivity contribution in [2.45, 2.75) is 31.3 Å². The van der Waals surface area contributed by atoms with Crippen LogP contribution in [-0.4, -0.2) is 33.4 Å². The molecule has 4 aromatic carbocycles. The van der Waals surface area contributed by atoms with E-state index in [-0.39, 0.29) is 17.0 Å². The zero-order chi connectivity index (χ0) is 26.0. The maximum absolute atomic E-state index is 13.1. The summed E-state index contributed by atoms with van der Waals surface area (Å²) in [5, 5.41) is 11.9. The van der Waals surface area contributed by atoms with Crippen LogP contribution in [-0.2, 0) is 5.41 Å². The lowest BCUT2D eigenvalue weighted by molar-refractivity contribution is 0.102. The van der Waals surface area contributed by atoms with Gasteiger partial charge in [-0.15, -0.1) is 10.2 Å². The Bertz CT molecular complexity index is 1550. The van der Waals surface area contributed by atoms with Gasteiger partial charge in [0.1, 0.15) is 5.75 Å². The van der Waals surface area contributed by atoms with Crippen LogP contribution in [0, 0.1) is 0 Å². The summed E-state index contributed by atoms with van der Waals surface area (Å²) in [5.41, 5.74) is 3.87. The third kappa shape index (κ3) is 5.30. The number of Topliss-reactive ketones (excluding diaryl/α,β-unsaturated/α-hetero) is 1. The second-order valence-electron chi connectivity index (χ2n) is 9.94. The Morgan fingerprint density at radius 3 is 2.24 bits per heavy atom. The first-order chi connectivity index (χ1) is 17.8. The number of rotatable bonds is 7. The van der Waals surface area contributed by atoms with E-state index >= 15 is 0 Å². The number of aromatic nitrogens is 3. The van der Waals surface area contributed by atoms with Gasteiger partial charge in [-0.3, -0.25) is 9.36 Å². The maximum atomic E-state index is 13.1. The molecule has 5 rings (SSSR count). The first kappa shape index (κ1) is 24.8. The second kappa shape index (κ2) is 10.2. The van der Waals surface area contributed by atoms with Gasteiger partial charge in [-0.1, -0.05) is 93.2 Å². The van der Waals surface area contributed by atoms with Crippen LogP contribution in [0.2, 0.25) is 0 Å². The molecule has 0 aliphatic carbocycles. The summed E-state index contributed by atoms with van der Waals surface area (Å²) in [6, 6.07) is 30.1. The fraction of sp³-hybridized carbons (Fsp3) is 0.194. The molecule has 1 heterocycles. The van der Waals surface area contributed by atoms with Gasteiger partial charge in [0, 0.05) is 16.8 Å². The third-order valence-corrected chi connectivity index (χ3v) is 7.31. The zero-order valence-corrected chi connectivity index (χ0v) is 22.3. The van der Waals surface area contributed by atoms with Crippen molar-refractivity contribution in [1.82, 2.24) is 14.8 Å². The zero-order valence-electron chi connectivity index (χ0n) is 21.4. The Morgan fingerprint density at radius 2 is 1.57 bits per heavy atom. The quantitative estimate of drug-likeness (QED) is 0.170. The highest BCUT2D eigenvalue weighted by Crippen LogP contribution is 2.31. The summed E-state index contributed by atoms with van der Waals surface area (Å²) in [7, 11) is 1.65. The van der Waals surface area contributed by atoms with Crippen molar-refractivity contribution in [3.8, 4) is 22.8 Å². The number of nitrogens with zero attached hydrogens (tertiary/aromatic N) is 3. The van der Waals surface area contributed by atoms with Crippen molar-refractivity contribution in [2.24, 2.45) is 0 Å². The van der Waals surface area contributed by atoms with Crippen molar-refractivity contribution in [3.05, 3.63) is 102 Å². The number of carbonyl (C=O) groups is 1. The SMILES string of the molecule is COc1ccc(-n2c(SCC(=O)c3ccc4ccccc4c3)nnc2-c2ccc(C(C)(C)C)cc2)cc1. The minimum absolute atomic E-state index is 0.0520.